The predicted octanol–water partition coefficient (Wildman–Crippen LogP) is 19.3. The van der Waals surface area contributed by atoms with Gasteiger partial charge in [0.05, 0.1) is 0 Å². The largest absolute Gasteiger partial charge is 0.462 e. The van der Waals surface area contributed by atoms with E-state index in [1.165, 1.54) is 231 Å². The van der Waals surface area contributed by atoms with Gasteiger partial charge in [0.1, 0.15) is 13.2 Å². The molecule has 1 atom stereocenters. The van der Waals surface area contributed by atoms with Gasteiger partial charge < -0.3 is 14.2 Å². The minimum atomic E-state index is -0.766. The molecule has 0 aromatic heterocycles. The number of unbranched alkanes of at least 4 members (excludes halogenated alkanes) is 41. The van der Waals surface area contributed by atoms with Gasteiger partial charge in [-0.25, -0.2) is 0 Å². The number of carbonyl (C=O) groups excluding carboxylic acids is 3. The second-order valence-electron chi connectivity index (χ2n) is 19.9. The summed E-state index contributed by atoms with van der Waals surface area (Å²) in [5.74, 6) is -0.844. The third kappa shape index (κ3) is 53.0. The van der Waals surface area contributed by atoms with Crippen molar-refractivity contribution < 1.29 is 28.6 Å². The van der Waals surface area contributed by atoms with Crippen LogP contribution in [0.15, 0.2) is 12.2 Å². The van der Waals surface area contributed by atoms with Crippen LogP contribution in [0.1, 0.15) is 329 Å². The lowest BCUT2D eigenvalue weighted by molar-refractivity contribution is -0.167. The van der Waals surface area contributed by atoms with Crippen LogP contribution in [0.3, 0.4) is 0 Å². The average molecular weight is 918 g/mol. The zero-order chi connectivity index (χ0) is 47.2. The number of allylic oxidation sites excluding steroid dienone is 2. The van der Waals surface area contributed by atoms with Gasteiger partial charge in [-0.2, -0.15) is 0 Å². The molecule has 0 amide bonds. The molecule has 0 aliphatic heterocycles. The summed E-state index contributed by atoms with van der Waals surface area (Å²) in [7, 11) is 0. The van der Waals surface area contributed by atoms with Gasteiger partial charge in [-0.1, -0.05) is 277 Å². The van der Waals surface area contributed by atoms with E-state index in [0.717, 1.165) is 57.8 Å². The molecule has 0 aromatic carbocycles. The van der Waals surface area contributed by atoms with Crippen molar-refractivity contribution >= 4 is 17.9 Å². The number of hydrogen-bond acceptors (Lipinski definition) is 6. The van der Waals surface area contributed by atoms with Gasteiger partial charge in [0.25, 0.3) is 0 Å². The third-order valence-corrected chi connectivity index (χ3v) is 13.3. The van der Waals surface area contributed by atoms with Gasteiger partial charge in [0.15, 0.2) is 6.10 Å². The Hall–Kier alpha value is -1.85. The summed E-state index contributed by atoms with van der Waals surface area (Å²) in [6, 6.07) is 0. The van der Waals surface area contributed by atoms with Gasteiger partial charge in [-0.05, 0) is 44.9 Å². The molecular weight excluding hydrogens is 805 g/mol. The monoisotopic (exact) mass is 917 g/mol. The Morgan fingerprint density at radius 3 is 0.769 bits per heavy atom. The zero-order valence-corrected chi connectivity index (χ0v) is 44.0. The molecule has 0 aliphatic rings. The summed E-state index contributed by atoms with van der Waals surface area (Å²) in [6.45, 7) is 6.69. The van der Waals surface area contributed by atoms with Gasteiger partial charge in [0, 0.05) is 19.3 Å². The molecule has 0 N–H and O–H groups in total. The molecule has 0 aromatic rings. The lowest BCUT2D eigenvalue weighted by atomic mass is 10.0. The van der Waals surface area contributed by atoms with Crippen LogP contribution >= 0.6 is 0 Å². The van der Waals surface area contributed by atoms with E-state index in [0.29, 0.717) is 19.3 Å². The van der Waals surface area contributed by atoms with Crippen molar-refractivity contribution in [1.82, 2.24) is 0 Å². The van der Waals surface area contributed by atoms with Crippen LogP contribution in [0.4, 0.5) is 0 Å². The number of hydrogen-bond donors (Lipinski definition) is 0. The quantitative estimate of drug-likeness (QED) is 0.0262. The second-order valence-corrected chi connectivity index (χ2v) is 19.9. The number of carbonyl (C=O) groups is 3. The maximum absolute atomic E-state index is 12.8. The van der Waals surface area contributed by atoms with Crippen LogP contribution in [0.2, 0.25) is 0 Å². The van der Waals surface area contributed by atoms with E-state index in [4.69, 9.17) is 14.2 Å². The Morgan fingerprint density at radius 2 is 0.508 bits per heavy atom. The molecule has 6 heteroatoms. The Balaban J connectivity index is 4.31. The fraction of sp³-hybridized carbons (Fsp3) is 0.915. The fourth-order valence-electron chi connectivity index (χ4n) is 8.85. The van der Waals surface area contributed by atoms with Gasteiger partial charge in [-0.15, -0.1) is 0 Å². The van der Waals surface area contributed by atoms with Crippen molar-refractivity contribution in [3.05, 3.63) is 12.2 Å². The summed E-state index contributed by atoms with van der Waals surface area (Å²) in [6.07, 6.45) is 62.0. The lowest BCUT2D eigenvalue weighted by Gasteiger charge is -2.18. The smallest absolute Gasteiger partial charge is 0.306 e. The highest BCUT2D eigenvalue weighted by molar-refractivity contribution is 5.71. The molecule has 65 heavy (non-hydrogen) atoms. The van der Waals surface area contributed by atoms with Crippen molar-refractivity contribution in [2.24, 2.45) is 0 Å². The van der Waals surface area contributed by atoms with Crippen molar-refractivity contribution in [1.29, 1.82) is 0 Å². The molecule has 0 aliphatic carbocycles. The van der Waals surface area contributed by atoms with Crippen LogP contribution in [0, 0.1) is 0 Å². The summed E-state index contributed by atoms with van der Waals surface area (Å²) in [5.41, 5.74) is 0. The topological polar surface area (TPSA) is 78.9 Å². The number of rotatable bonds is 54. The van der Waals surface area contributed by atoms with E-state index in [1.807, 2.05) is 0 Å². The maximum atomic E-state index is 12.8. The highest BCUT2D eigenvalue weighted by atomic mass is 16.6. The van der Waals surface area contributed by atoms with Crippen molar-refractivity contribution in [2.45, 2.75) is 335 Å². The molecular formula is C59H112O6. The van der Waals surface area contributed by atoms with E-state index in [-0.39, 0.29) is 31.1 Å². The van der Waals surface area contributed by atoms with E-state index in [9.17, 15) is 14.4 Å². The minimum absolute atomic E-state index is 0.0651. The second kappa shape index (κ2) is 54.8. The molecule has 0 bridgehead atoms. The first-order chi connectivity index (χ1) is 32.0. The molecule has 384 valence electrons. The first-order valence-electron chi connectivity index (χ1n) is 29.2. The fourth-order valence-corrected chi connectivity index (χ4v) is 8.85. The average Bonchev–Trinajstić information content (AvgIpc) is 3.30. The summed E-state index contributed by atoms with van der Waals surface area (Å²) >= 11 is 0. The molecule has 0 fully saturated rings. The Morgan fingerprint density at radius 1 is 0.292 bits per heavy atom. The number of ether oxygens (including phenoxy) is 3. The minimum Gasteiger partial charge on any atom is -0.462 e. The van der Waals surface area contributed by atoms with Gasteiger partial charge >= 0.3 is 17.9 Å². The Kier molecular flexibility index (Phi) is 53.2. The van der Waals surface area contributed by atoms with Crippen molar-refractivity contribution in [2.75, 3.05) is 13.2 Å². The van der Waals surface area contributed by atoms with Crippen LogP contribution in [-0.4, -0.2) is 37.2 Å². The van der Waals surface area contributed by atoms with Crippen molar-refractivity contribution in [3.63, 3.8) is 0 Å². The van der Waals surface area contributed by atoms with Crippen LogP contribution in [0.25, 0.3) is 0 Å². The first-order valence-corrected chi connectivity index (χ1v) is 29.2. The molecule has 0 spiro atoms. The standard InChI is InChI=1S/C59H112O6/c1-4-7-10-13-16-19-22-25-28-30-32-34-37-40-43-46-49-52-58(61)64-55-56(54-63-57(60)51-48-45-42-39-36-33-27-24-21-18-15-12-9-6-3)65-59(62)53-50-47-44-41-38-35-31-29-26-23-20-17-14-11-8-5-2/h25,28,56H,4-24,26-27,29-55H2,1-3H3/b28-25-. The molecule has 0 radical (unpaired) electrons. The first kappa shape index (κ1) is 63.1. The molecule has 0 heterocycles. The highest BCUT2D eigenvalue weighted by Crippen LogP contribution is 2.17. The van der Waals surface area contributed by atoms with E-state index >= 15 is 0 Å². The maximum Gasteiger partial charge on any atom is 0.306 e. The van der Waals surface area contributed by atoms with E-state index in [2.05, 4.69) is 32.9 Å². The van der Waals surface area contributed by atoms with Gasteiger partial charge in [0.2, 0.25) is 0 Å². The Labute approximate surface area is 405 Å². The zero-order valence-electron chi connectivity index (χ0n) is 44.0. The van der Waals surface area contributed by atoms with E-state index < -0.39 is 6.10 Å². The Bertz CT molecular complexity index is 1010. The highest BCUT2D eigenvalue weighted by Gasteiger charge is 2.19. The van der Waals surface area contributed by atoms with Crippen LogP contribution in [0.5, 0.6) is 0 Å². The lowest BCUT2D eigenvalue weighted by Crippen LogP contribution is -2.30. The normalized spacial score (nSPS) is 12.0. The van der Waals surface area contributed by atoms with Crippen LogP contribution < -0.4 is 0 Å². The van der Waals surface area contributed by atoms with Gasteiger partial charge in [-0.3, -0.25) is 14.4 Å². The molecule has 0 saturated carbocycles. The molecule has 6 nitrogen and oxygen atoms in total. The summed E-state index contributed by atoms with van der Waals surface area (Å²) < 4.78 is 16.9. The predicted molar refractivity (Wildman–Crippen MR) is 280 cm³/mol. The summed E-state index contributed by atoms with van der Waals surface area (Å²) in [5, 5.41) is 0. The number of esters is 3. The van der Waals surface area contributed by atoms with E-state index in [1.54, 1.807) is 0 Å². The van der Waals surface area contributed by atoms with Crippen LogP contribution in [-0.2, 0) is 28.6 Å². The molecule has 1 unspecified atom stereocenters. The molecule has 0 rings (SSSR count). The summed E-state index contributed by atoms with van der Waals surface area (Å²) in [4.78, 5) is 38.1. The third-order valence-electron chi connectivity index (χ3n) is 13.3. The SMILES string of the molecule is CCCCCCCC/C=C\CCCCCCCCCC(=O)OCC(COC(=O)CCCCCCCCCCCCCCCC)OC(=O)CCCCCCCCCCCCCCCCCC. The molecule has 0 saturated heterocycles. The van der Waals surface area contributed by atoms with Crippen molar-refractivity contribution in [3.8, 4) is 0 Å².